The van der Waals surface area contributed by atoms with E-state index in [1.165, 1.54) is 11.0 Å². The van der Waals surface area contributed by atoms with E-state index in [0.717, 1.165) is 12.1 Å². The van der Waals surface area contributed by atoms with Gasteiger partial charge in [0.05, 0.1) is 11.8 Å². The van der Waals surface area contributed by atoms with Crippen molar-refractivity contribution in [3.63, 3.8) is 0 Å². The number of hydrogen-bond acceptors (Lipinski definition) is 7. The average molecular weight is 377 g/mol. The number of halogens is 1. The molecule has 2 aromatic rings. The zero-order chi connectivity index (χ0) is 19.4. The average Bonchev–Trinajstić information content (AvgIpc) is 3.17. The van der Waals surface area contributed by atoms with E-state index < -0.39 is 29.3 Å². The highest BCUT2D eigenvalue weighted by molar-refractivity contribution is 5.89. The summed E-state index contributed by atoms with van der Waals surface area (Å²) in [6.07, 6.45) is 0. The highest BCUT2D eigenvalue weighted by atomic mass is 19.1. The van der Waals surface area contributed by atoms with Crippen molar-refractivity contribution in [1.29, 1.82) is 0 Å². The van der Waals surface area contributed by atoms with Gasteiger partial charge >= 0.3 is 11.9 Å². The number of amides is 1. The number of ether oxygens (including phenoxy) is 1. The summed E-state index contributed by atoms with van der Waals surface area (Å²) in [4.78, 5) is 37.1. The Kier molecular flexibility index (Phi) is 5.34. The van der Waals surface area contributed by atoms with E-state index in [4.69, 9.17) is 9.15 Å². The molecule has 1 aromatic carbocycles. The van der Waals surface area contributed by atoms with Crippen molar-refractivity contribution in [1.82, 2.24) is 4.90 Å². The molecule has 0 bridgehead atoms. The highest BCUT2D eigenvalue weighted by Crippen LogP contribution is 2.20. The molecule has 0 radical (unpaired) electrons. The maximum atomic E-state index is 13.8. The van der Waals surface area contributed by atoms with Crippen molar-refractivity contribution < 1.29 is 28.1 Å². The summed E-state index contributed by atoms with van der Waals surface area (Å²) in [5.41, 5.74) is 0.482. The Hall–Kier alpha value is -3.43. The van der Waals surface area contributed by atoms with Gasteiger partial charge in [0, 0.05) is 26.2 Å². The Balaban J connectivity index is 1.49. The van der Waals surface area contributed by atoms with E-state index in [2.05, 4.69) is 0 Å². The van der Waals surface area contributed by atoms with Crippen molar-refractivity contribution in [2.75, 3.05) is 37.7 Å². The second kappa shape index (κ2) is 7.85. The van der Waals surface area contributed by atoms with E-state index in [9.17, 15) is 24.1 Å². The van der Waals surface area contributed by atoms with Crippen LogP contribution < -0.4 is 4.90 Å². The van der Waals surface area contributed by atoms with Crippen molar-refractivity contribution >= 4 is 23.4 Å². The number of piperazine rings is 1. The van der Waals surface area contributed by atoms with Crippen LogP contribution in [-0.4, -0.2) is 54.5 Å². The first-order valence-electron chi connectivity index (χ1n) is 8.14. The minimum Gasteiger partial charge on any atom is -0.450 e. The number of para-hydroxylation sites is 1. The Morgan fingerprint density at radius 2 is 1.85 bits per heavy atom. The van der Waals surface area contributed by atoms with Crippen LogP contribution in [0.15, 0.2) is 40.8 Å². The van der Waals surface area contributed by atoms with Gasteiger partial charge in [-0.2, -0.15) is 0 Å². The zero-order valence-electron chi connectivity index (χ0n) is 14.2. The largest absolute Gasteiger partial charge is 0.450 e. The van der Waals surface area contributed by atoms with Crippen molar-refractivity contribution in [2.24, 2.45) is 0 Å². The molecule has 1 amide bonds. The third kappa shape index (κ3) is 4.22. The lowest BCUT2D eigenvalue weighted by Gasteiger charge is -2.36. The standard InChI is InChI=1S/C17H16FN3O6/c18-12-3-1-2-4-13(12)19-7-9-20(10-8-19)15(22)11-26-17(23)14-5-6-16(27-14)21(24)25/h1-6H,7-11H2. The first-order valence-corrected chi connectivity index (χ1v) is 8.14. The summed E-state index contributed by atoms with van der Waals surface area (Å²) in [5, 5.41) is 10.5. The molecular weight excluding hydrogens is 361 g/mol. The normalized spacial score (nSPS) is 14.1. The third-order valence-electron chi connectivity index (χ3n) is 4.13. The summed E-state index contributed by atoms with van der Waals surface area (Å²) >= 11 is 0. The van der Waals surface area contributed by atoms with Gasteiger partial charge < -0.3 is 19.0 Å². The molecule has 1 aromatic heterocycles. The van der Waals surface area contributed by atoms with Crippen LogP contribution in [0.1, 0.15) is 10.6 Å². The second-order valence-electron chi connectivity index (χ2n) is 5.79. The second-order valence-corrected chi connectivity index (χ2v) is 5.79. The molecule has 0 unspecified atom stereocenters. The number of hydrogen-bond donors (Lipinski definition) is 0. The zero-order valence-corrected chi connectivity index (χ0v) is 14.2. The number of carbonyl (C=O) groups excluding carboxylic acids is 2. The molecule has 2 heterocycles. The monoisotopic (exact) mass is 377 g/mol. The molecule has 0 atom stereocenters. The first kappa shape index (κ1) is 18.4. The number of benzene rings is 1. The van der Waals surface area contributed by atoms with Crippen LogP contribution in [-0.2, 0) is 9.53 Å². The Morgan fingerprint density at radius 3 is 2.48 bits per heavy atom. The van der Waals surface area contributed by atoms with Crippen LogP contribution in [0.4, 0.5) is 16.0 Å². The minimum atomic E-state index is -0.957. The predicted molar refractivity (Wildman–Crippen MR) is 90.8 cm³/mol. The number of rotatable bonds is 5. The number of anilines is 1. The van der Waals surface area contributed by atoms with Crippen molar-refractivity contribution in [3.05, 3.63) is 58.1 Å². The van der Waals surface area contributed by atoms with Gasteiger partial charge in [-0.25, -0.2) is 9.18 Å². The maximum absolute atomic E-state index is 13.8. The Bertz CT molecular complexity index is 860. The van der Waals surface area contributed by atoms with E-state index in [0.29, 0.717) is 31.9 Å². The molecule has 0 aliphatic carbocycles. The van der Waals surface area contributed by atoms with Crippen LogP contribution in [0.2, 0.25) is 0 Å². The Morgan fingerprint density at radius 1 is 1.15 bits per heavy atom. The molecule has 0 N–H and O–H groups in total. The van der Waals surface area contributed by atoms with E-state index in [1.807, 2.05) is 4.90 Å². The lowest BCUT2D eigenvalue weighted by atomic mass is 10.2. The van der Waals surface area contributed by atoms with E-state index >= 15 is 0 Å². The van der Waals surface area contributed by atoms with Crippen LogP contribution in [0.5, 0.6) is 0 Å². The lowest BCUT2D eigenvalue weighted by Crippen LogP contribution is -2.50. The quantitative estimate of drug-likeness (QED) is 0.444. The molecule has 27 heavy (non-hydrogen) atoms. The van der Waals surface area contributed by atoms with E-state index in [-0.39, 0.29) is 11.6 Å². The summed E-state index contributed by atoms with van der Waals surface area (Å²) in [7, 11) is 0. The Labute approximate surface area is 153 Å². The molecule has 1 aliphatic heterocycles. The fourth-order valence-corrected chi connectivity index (χ4v) is 2.73. The summed E-state index contributed by atoms with van der Waals surface area (Å²) < 4.78 is 23.4. The number of carbonyl (C=O) groups is 2. The van der Waals surface area contributed by atoms with Crippen molar-refractivity contribution in [2.45, 2.75) is 0 Å². The lowest BCUT2D eigenvalue weighted by molar-refractivity contribution is -0.402. The number of esters is 1. The molecule has 1 saturated heterocycles. The maximum Gasteiger partial charge on any atom is 0.433 e. The minimum absolute atomic E-state index is 0.321. The number of nitrogens with zero attached hydrogens (tertiary/aromatic N) is 3. The van der Waals surface area contributed by atoms with Gasteiger partial charge in [-0.05, 0) is 18.2 Å². The van der Waals surface area contributed by atoms with Crippen LogP contribution in [0.3, 0.4) is 0 Å². The van der Waals surface area contributed by atoms with Gasteiger partial charge in [-0.15, -0.1) is 0 Å². The molecule has 142 valence electrons. The summed E-state index contributed by atoms with van der Waals surface area (Å²) in [6.45, 7) is 1.11. The fraction of sp³-hybridized carbons (Fsp3) is 0.294. The highest BCUT2D eigenvalue weighted by Gasteiger charge is 2.24. The number of nitro groups is 1. The molecule has 9 nitrogen and oxygen atoms in total. The van der Waals surface area contributed by atoms with Crippen LogP contribution in [0, 0.1) is 15.9 Å². The molecule has 10 heteroatoms. The predicted octanol–water partition coefficient (Wildman–Crippen LogP) is 1.83. The van der Waals surface area contributed by atoms with Crippen LogP contribution in [0.25, 0.3) is 0 Å². The molecule has 3 rings (SSSR count). The molecular formula is C17H16FN3O6. The van der Waals surface area contributed by atoms with Gasteiger partial charge in [0.2, 0.25) is 5.76 Å². The fourth-order valence-electron chi connectivity index (χ4n) is 2.73. The SMILES string of the molecule is O=C(OCC(=O)N1CCN(c2ccccc2F)CC1)c1ccc([N+](=O)[O-])o1. The number of furan rings is 1. The topological polar surface area (TPSA) is 106 Å². The van der Waals surface area contributed by atoms with E-state index in [1.54, 1.807) is 18.2 Å². The molecule has 0 saturated carbocycles. The molecule has 1 aliphatic rings. The van der Waals surface area contributed by atoms with Crippen molar-refractivity contribution in [3.8, 4) is 0 Å². The van der Waals surface area contributed by atoms with Gasteiger partial charge in [-0.1, -0.05) is 12.1 Å². The smallest absolute Gasteiger partial charge is 0.433 e. The summed E-state index contributed by atoms with van der Waals surface area (Å²) in [6, 6.07) is 8.55. The van der Waals surface area contributed by atoms with Gasteiger partial charge in [0.1, 0.15) is 10.7 Å². The molecule has 1 fully saturated rings. The van der Waals surface area contributed by atoms with Gasteiger partial charge in [0.25, 0.3) is 5.91 Å². The first-order chi connectivity index (χ1) is 13.0. The van der Waals surface area contributed by atoms with Gasteiger partial charge in [0.15, 0.2) is 6.61 Å². The van der Waals surface area contributed by atoms with Crippen LogP contribution >= 0.6 is 0 Å². The van der Waals surface area contributed by atoms with Gasteiger partial charge in [-0.3, -0.25) is 14.9 Å². The third-order valence-corrected chi connectivity index (χ3v) is 4.13. The summed E-state index contributed by atoms with van der Waals surface area (Å²) in [5.74, 6) is -2.62. The molecule has 0 spiro atoms.